The Kier molecular flexibility index (Phi) is 7.66. The van der Waals surface area contributed by atoms with Crippen molar-refractivity contribution in [3.8, 4) is 0 Å². The molecule has 1 N–H and O–H groups in total. The van der Waals surface area contributed by atoms with Gasteiger partial charge in [-0.2, -0.15) is 0 Å². The van der Waals surface area contributed by atoms with E-state index in [1.807, 2.05) is 12.3 Å². The summed E-state index contributed by atoms with van der Waals surface area (Å²) in [5.41, 5.74) is 1.20. The second-order valence-corrected chi connectivity index (χ2v) is 5.50. The van der Waals surface area contributed by atoms with E-state index in [-0.39, 0.29) is 0 Å². The third-order valence-electron chi connectivity index (χ3n) is 3.20. The van der Waals surface area contributed by atoms with Crippen molar-refractivity contribution in [1.29, 1.82) is 0 Å². The summed E-state index contributed by atoms with van der Waals surface area (Å²) >= 11 is 0. The molecular weight excluding hydrogens is 220 g/mol. The number of aromatic nitrogens is 1. The van der Waals surface area contributed by atoms with Gasteiger partial charge in [0, 0.05) is 24.4 Å². The second kappa shape index (κ2) is 9.09. The van der Waals surface area contributed by atoms with E-state index in [4.69, 9.17) is 0 Å². The molecule has 1 heterocycles. The molecule has 102 valence electrons. The molecule has 0 aliphatic carbocycles. The van der Waals surface area contributed by atoms with Gasteiger partial charge in [0.1, 0.15) is 0 Å². The van der Waals surface area contributed by atoms with Gasteiger partial charge in [0.05, 0.1) is 0 Å². The molecule has 0 spiro atoms. The van der Waals surface area contributed by atoms with E-state index >= 15 is 0 Å². The molecule has 2 nitrogen and oxygen atoms in total. The number of hydrogen-bond acceptors (Lipinski definition) is 2. The van der Waals surface area contributed by atoms with Crippen LogP contribution in [-0.4, -0.2) is 17.6 Å². The van der Waals surface area contributed by atoms with Crippen LogP contribution in [0.1, 0.15) is 52.1 Å². The van der Waals surface area contributed by atoms with Crippen LogP contribution < -0.4 is 5.32 Å². The van der Waals surface area contributed by atoms with E-state index in [0.717, 1.165) is 18.9 Å². The second-order valence-electron chi connectivity index (χ2n) is 5.50. The van der Waals surface area contributed by atoms with Crippen molar-refractivity contribution in [3.63, 3.8) is 0 Å². The summed E-state index contributed by atoms with van der Waals surface area (Å²) in [6.07, 6.45) is 8.04. The van der Waals surface area contributed by atoms with Crippen LogP contribution in [0.2, 0.25) is 0 Å². The minimum Gasteiger partial charge on any atom is -0.314 e. The molecule has 0 aliphatic rings. The van der Waals surface area contributed by atoms with Crippen molar-refractivity contribution in [3.05, 3.63) is 30.1 Å². The minimum atomic E-state index is 0.582. The first-order valence-electron chi connectivity index (χ1n) is 7.35. The van der Waals surface area contributed by atoms with Gasteiger partial charge in [-0.25, -0.2) is 0 Å². The lowest BCUT2D eigenvalue weighted by Gasteiger charge is -2.18. The Morgan fingerprint density at radius 2 is 2.06 bits per heavy atom. The molecule has 2 heteroatoms. The van der Waals surface area contributed by atoms with Crippen LogP contribution in [0.4, 0.5) is 0 Å². The van der Waals surface area contributed by atoms with Crippen LogP contribution in [0.25, 0.3) is 0 Å². The van der Waals surface area contributed by atoms with Crippen molar-refractivity contribution in [2.24, 2.45) is 5.92 Å². The zero-order chi connectivity index (χ0) is 13.2. The van der Waals surface area contributed by atoms with Gasteiger partial charge in [-0.1, -0.05) is 39.7 Å². The molecule has 1 aromatic heterocycles. The molecule has 0 aliphatic heterocycles. The molecule has 0 radical (unpaired) electrons. The lowest BCUT2D eigenvalue weighted by molar-refractivity contribution is 0.432. The van der Waals surface area contributed by atoms with Crippen LogP contribution in [-0.2, 0) is 6.42 Å². The third kappa shape index (κ3) is 6.75. The molecule has 1 atom stereocenters. The Morgan fingerprint density at radius 1 is 1.22 bits per heavy atom. The SMILES string of the molecule is CCCNC(CCCC(C)C)Cc1ccccn1. The zero-order valence-corrected chi connectivity index (χ0v) is 12.2. The van der Waals surface area contributed by atoms with Crippen LogP contribution in [0.15, 0.2) is 24.4 Å². The molecule has 0 fully saturated rings. The summed E-state index contributed by atoms with van der Waals surface area (Å²) in [7, 11) is 0. The minimum absolute atomic E-state index is 0.582. The maximum Gasteiger partial charge on any atom is 0.0419 e. The van der Waals surface area contributed by atoms with Gasteiger partial charge in [-0.05, 0) is 37.4 Å². The van der Waals surface area contributed by atoms with E-state index in [1.165, 1.54) is 31.4 Å². The van der Waals surface area contributed by atoms with Crippen molar-refractivity contribution in [2.75, 3.05) is 6.54 Å². The zero-order valence-electron chi connectivity index (χ0n) is 12.2. The number of pyridine rings is 1. The van der Waals surface area contributed by atoms with Crippen molar-refractivity contribution >= 4 is 0 Å². The average molecular weight is 248 g/mol. The van der Waals surface area contributed by atoms with Crippen molar-refractivity contribution in [1.82, 2.24) is 10.3 Å². The monoisotopic (exact) mass is 248 g/mol. The highest BCUT2D eigenvalue weighted by molar-refractivity contribution is 5.05. The summed E-state index contributed by atoms with van der Waals surface area (Å²) in [6, 6.07) is 6.77. The summed E-state index contributed by atoms with van der Waals surface area (Å²) in [5, 5.41) is 3.65. The molecule has 0 aromatic carbocycles. The fourth-order valence-corrected chi connectivity index (χ4v) is 2.17. The fraction of sp³-hybridized carbons (Fsp3) is 0.688. The van der Waals surface area contributed by atoms with E-state index in [2.05, 4.69) is 43.2 Å². The maximum atomic E-state index is 4.43. The van der Waals surface area contributed by atoms with Gasteiger partial charge in [0.15, 0.2) is 0 Å². The van der Waals surface area contributed by atoms with Gasteiger partial charge >= 0.3 is 0 Å². The molecule has 1 unspecified atom stereocenters. The van der Waals surface area contributed by atoms with E-state index in [1.54, 1.807) is 0 Å². The summed E-state index contributed by atoms with van der Waals surface area (Å²) < 4.78 is 0. The number of hydrogen-bond donors (Lipinski definition) is 1. The van der Waals surface area contributed by atoms with Crippen LogP contribution in [0, 0.1) is 5.92 Å². The van der Waals surface area contributed by atoms with E-state index in [0.29, 0.717) is 6.04 Å². The lowest BCUT2D eigenvalue weighted by Crippen LogP contribution is -2.32. The van der Waals surface area contributed by atoms with Gasteiger partial charge < -0.3 is 5.32 Å². The molecular formula is C16H28N2. The molecule has 1 aromatic rings. The predicted octanol–water partition coefficient (Wildman–Crippen LogP) is 3.82. The summed E-state index contributed by atoms with van der Waals surface area (Å²) in [6.45, 7) is 7.93. The first-order valence-corrected chi connectivity index (χ1v) is 7.35. The number of nitrogens with zero attached hydrogens (tertiary/aromatic N) is 1. The quantitative estimate of drug-likeness (QED) is 0.718. The first kappa shape index (κ1) is 15.2. The van der Waals surface area contributed by atoms with E-state index in [9.17, 15) is 0 Å². The number of nitrogens with one attached hydrogen (secondary N) is 1. The third-order valence-corrected chi connectivity index (χ3v) is 3.20. The largest absolute Gasteiger partial charge is 0.314 e. The van der Waals surface area contributed by atoms with Gasteiger partial charge in [0.2, 0.25) is 0 Å². The average Bonchev–Trinajstić information content (AvgIpc) is 2.36. The Bertz CT molecular complexity index is 295. The molecule has 0 bridgehead atoms. The van der Waals surface area contributed by atoms with Crippen molar-refractivity contribution in [2.45, 2.75) is 58.9 Å². The van der Waals surface area contributed by atoms with Gasteiger partial charge in [-0.3, -0.25) is 4.98 Å². The molecule has 0 saturated heterocycles. The highest BCUT2D eigenvalue weighted by Crippen LogP contribution is 2.11. The molecule has 1 rings (SSSR count). The standard InChI is InChI=1S/C16H28N2/c1-4-11-17-16(10-7-8-14(2)3)13-15-9-5-6-12-18-15/h5-6,9,12,14,16-17H,4,7-8,10-11,13H2,1-3H3. The maximum absolute atomic E-state index is 4.43. The van der Waals surface area contributed by atoms with Crippen LogP contribution in [0.3, 0.4) is 0 Å². The normalized spacial score (nSPS) is 12.9. The molecule has 18 heavy (non-hydrogen) atoms. The van der Waals surface area contributed by atoms with Crippen LogP contribution in [0.5, 0.6) is 0 Å². The highest BCUT2D eigenvalue weighted by Gasteiger charge is 2.09. The Hall–Kier alpha value is -0.890. The first-order chi connectivity index (χ1) is 8.72. The summed E-state index contributed by atoms with van der Waals surface area (Å²) in [5.74, 6) is 0.812. The fourth-order valence-electron chi connectivity index (χ4n) is 2.17. The van der Waals surface area contributed by atoms with Gasteiger partial charge in [0.25, 0.3) is 0 Å². The Balaban J connectivity index is 2.39. The van der Waals surface area contributed by atoms with Crippen LogP contribution >= 0.6 is 0 Å². The predicted molar refractivity (Wildman–Crippen MR) is 78.7 cm³/mol. The Labute approximate surface area is 112 Å². The molecule has 0 saturated carbocycles. The lowest BCUT2D eigenvalue weighted by atomic mass is 10.00. The Morgan fingerprint density at radius 3 is 2.67 bits per heavy atom. The highest BCUT2D eigenvalue weighted by atomic mass is 14.9. The topological polar surface area (TPSA) is 24.9 Å². The number of rotatable bonds is 9. The smallest absolute Gasteiger partial charge is 0.0419 e. The van der Waals surface area contributed by atoms with Crippen molar-refractivity contribution < 1.29 is 0 Å². The van der Waals surface area contributed by atoms with Gasteiger partial charge in [-0.15, -0.1) is 0 Å². The summed E-state index contributed by atoms with van der Waals surface area (Å²) in [4.78, 5) is 4.43. The van der Waals surface area contributed by atoms with E-state index < -0.39 is 0 Å². The molecule has 0 amide bonds.